The summed E-state index contributed by atoms with van der Waals surface area (Å²) in [5.74, 6) is -1.68. The molecule has 0 atom stereocenters. The molecule has 0 spiro atoms. The van der Waals surface area contributed by atoms with Gasteiger partial charge in [-0.05, 0) is 24.3 Å². The summed E-state index contributed by atoms with van der Waals surface area (Å²) < 4.78 is 0. The van der Waals surface area contributed by atoms with Gasteiger partial charge in [-0.15, -0.1) is 11.3 Å². The third kappa shape index (κ3) is 3.14. The van der Waals surface area contributed by atoms with Gasteiger partial charge in [0, 0.05) is 22.8 Å². The molecule has 2 N–H and O–H groups in total. The monoisotopic (exact) mass is 262 g/mol. The molecule has 2 aromatic rings. The number of carbonyl (C=O) groups is 2. The Labute approximate surface area is 107 Å². The van der Waals surface area contributed by atoms with Crippen molar-refractivity contribution in [1.29, 1.82) is 0 Å². The zero-order chi connectivity index (χ0) is 13.0. The summed E-state index contributed by atoms with van der Waals surface area (Å²) in [7, 11) is 0. The summed E-state index contributed by atoms with van der Waals surface area (Å²) in [5, 5.41) is 13.8. The maximum Gasteiger partial charge on any atom is 0.312 e. The molecule has 0 aliphatic rings. The smallest absolute Gasteiger partial charge is 0.312 e. The maximum absolute atomic E-state index is 11.2. The summed E-state index contributed by atoms with van der Waals surface area (Å²) >= 11 is 1.53. The Bertz CT molecular complexity index is 549. The fourth-order valence-electron chi connectivity index (χ4n) is 1.40. The molecule has 6 heteroatoms. The molecule has 0 saturated heterocycles. The first-order valence-corrected chi connectivity index (χ1v) is 6.04. The molecule has 0 bridgehead atoms. The number of aromatic nitrogens is 1. The Morgan fingerprint density at radius 2 is 2.00 bits per heavy atom. The van der Waals surface area contributed by atoms with E-state index in [-0.39, 0.29) is 0 Å². The van der Waals surface area contributed by atoms with Crippen molar-refractivity contribution >= 4 is 28.9 Å². The number of anilines is 1. The van der Waals surface area contributed by atoms with E-state index in [9.17, 15) is 9.59 Å². The number of hydrogen-bond donors (Lipinski definition) is 2. The lowest BCUT2D eigenvalue weighted by molar-refractivity contribution is -0.139. The van der Waals surface area contributed by atoms with E-state index in [1.165, 1.54) is 11.3 Å². The SMILES string of the molecule is O=C(O)CC(=O)Nc1ccc(-c2nccs2)cc1. The number of nitrogens with one attached hydrogen (secondary N) is 1. The van der Waals surface area contributed by atoms with Crippen molar-refractivity contribution < 1.29 is 14.7 Å². The molecule has 5 nitrogen and oxygen atoms in total. The van der Waals surface area contributed by atoms with Gasteiger partial charge in [-0.1, -0.05) is 0 Å². The first-order chi connectivity index (χ1) is 8.65. The van der Waals surface area contributed by atoms with Gasteiger partial charge in [0.1, 0.15) is 11.4 Å². The molecule has 92 valence electrons. The predicted molar refractivity (Wildman–Crippen MR) is 68.4 cm³/mol. The zero-order valence-electron chi connectivity index (χ0n) is 9.29. The van der Waals surface area contributed by atoms with E-state index in [1.54, 1.807) is 18.3 Å². The van der Waals surface area contributed by atoms with Gasteiger partial charge in [-0.25, -0.2) is 4.98 Å². The number of amides is 1. The van der Waals surface area contributed by atoms with Crippen molar-refractivity contribution in [3.8, 4) is 10.6 Å². The number of rotatable bonds is 4. The van der Waals surface area contributed by atoms with Crippen molar-refractivity contribution in [2.75, 3.05) is 5.32 Å². The maximum atomic E-state index is 11.2. The van der Waals surface area contributed by atoms with Crippen molar-refractivity contribution in [2.45, 2.75) is 6.42 Å². The van der Waals surface area contributed by atoms with Crippen LogP contribution < -0.4 is 5.32 Å². The van der Waals surface area contributed by atoms with E-state index in [4.69, 9.17) is 5.11 Å². The molecule has 0 fully saturated rings. The highest BCUT2D eigenvalue weighted by molar-refractivity contribution is 7.13. The summed E-state index contributed by atoms with van der Waals surface area (Å²) in [5.41, 5.74) is 1.53. The second-order valence-electron chi connectivity index (χ2n) is 3.53. The van der Waals surface area contributed by atoms with Gasteiger partial charge in [0.25, 0.3) is 0 Å². The molecule has 1 aromatic heterocycles. The molecule has 18 heavy (non-hydrogen) atoms. The van der Waals surface area contributed by atoms with Crippen LogP contribution in [0.5, 0.6) is 0 Å². The zero-order valence-corrected chi connectivity index (χ0v) is 10.1. The number of nitrogens with zero attached hydrogens (tertiary/aromatic N) is 1. The number of benzene rings is 1. The molecular weight excluding hydrogens is 252 g/mol. The third-order valence-electron chi connectivity index (χ3n) is 2.16. The average Bonchev–Trinajstić information content (AvgIpc) is 2.82. The minimum atomic E-state index is -1.15. The van der Waals surface area contributed by atoms with Crippen LogP contribution in [-0.2, 0) is 9.59 Å². The van der Waals surface area contributed by atoms with Crippen LogP contribution in [0.2, 0.25) is 0 Å². The van der Waals surface area contributed by atoms with Crippen molar-refractivity contribution in [2.24, 2.45) is 0 Å². The lowest BCUT2D eigenvalue weighted by atomic mass is 10.2. The summed E-state index contributed by atoms with van der Waals surface area (Å²) in [4.78, 5) is 25.7. The molecule has 0 unspecified atom stereocenters. The van der Waals surface area contributed by atoms with Crippen molar-refractivity contribution in [1.82, 2.24) is 4.98 Å². The van der Waals surface area contributed by atoms with Crippen LogP contribution in [0, 0.1) is 0 Å². The second kappa shape index (κ2) is 5.42. The van der Waals surface area contributed by atoms with E-state index in [2.05, 4.69) is 10.3 Å². The molecule has 0 radical (unpaired) electrons. The van der Waals surface area contributed by atoms with Crippen LogP contribution >= 0.6 is 11.3 Å². The molecule has 1 amide bonds. The van der Waals surface area contributed by atoms with Crippen LogP contribution in [0.15, 0.2) is 35.8 Å². The topological polar surface area (TPSA) is 79.3 Å². The molecule has 0 aliphatic heterocycles. The fourth-order valence-corrected chi connectivity index (χ4v) is 2.05. The lowest BCUT2D eigenvalue weighted by Gasteiger charge is -2.04. The van der Waals surface area contributed by atoms with E-state index < -0.39 is 18.3 Å². The van der Waals surface area contributed by atoms with Gasteiger partial charge >= 0.3 is 5.97 Å². The largest absolute Gasteiger partial charge is 0.481 e. The third-order valence-corrected chi connectivity index (χ3v) is 2.98. The summed E-state index contributed by atoms with van der Waals surface area (Å²) in [6.45, 7) is 0. The molecule has 1 aromatic carbocycles. The van der Waals surface area contributed by atoms with E-state index >= 15 is 0 Å². The van der Waals surface area contributed by atoms with Gasteiger partial charge in [0.2, 0.25) is 5.91 Å². The predicted octanol–water partition coefficient (Wildman–Crippen LogP) is 2.22. The normalized spacial score (nSPS) is 10.0. The summed E-state index contributed by atoms with van der Waals surface area (Å²) in [6.07, 6.45) is 1.19. The van der Waals surface area contributed by atoms with Crippen LogP contribution in [0.4, 0.5) is 5.69 Å². The highest BCUT2D eigenvalue weighted by Crippen LogP contribution is 2.23. The minimum absolute atomic E-state index is 0.534. The number of thiazole rings is 1. The highest BCUT2D eigenvalue weighted by atomic mass is 32.1. The fraction of sp³-hybridized carbons (Fsp3) is 0.0833. The van der Waals surface area contributed by atoms with Crippen LogP contribution in [0.1, 0.15) is 6.42 Å². The van der Waals surface area contributed by atoms with Crippen molar-refractivity contribution in [3.63, 3.8) is 0 Å². The van der Waals surface area contributed by atoms with Crippen LogP contribution in [0.25, 0.3) is 10.6 Å². The molecule has 1 heterocycles. The number of hydrogen-bond acceptors (Lipinski definition) is 4. The van der Waals surface area contributed by atoms with Gasteiger partial charge in [-0.2, -0.15) is 0 Å². The summed E-state index contributed by atoms with van der Waals surface area (Å²) in [6, 6.07) is 7.09. The van der Waals surface area contributed by atoms with Gasteiger partial charge < -0.3 is 10.4 Å². The molecule has 0 aliphatic carbocycles. The molecule has 0 saturated carbocycles. The van der Waals surface area contributed by atoms with Crippen LogP contribution in [-0.4, -0.2) is 22.0 Å². The Balaban J connectivity index is 2.04. The molecular formula is C12H10N2O3S. The Morgan fingerprint density at radius 1 is 1.28 bits per heavy atom. The number of carbonyl (C=O) groups excluding carboxylic acids is 1. The quantitative estimate of drug-likeness (QED) is 0.828. The lowest BCUT2D eigenvalue weighted by Crippen LogP contribution is -2.15. The number of aliphatic carboxylic acids is 1. The van der Waals surface area contributed by atoms with E-state index in [0.29, 0.717) is 5.69 Å². The Kier molecular flexibility index (Phi) is 3.69. The Hall–Kier alpha value is -2.21. The first-order valence-electron chi connectivity index (χ1n) is 5.17. The first kappa shape index (κ1) is 12.3. The number of carboxylic acids is 1. The standard InChI is InChI=1S/C12H10N2O3S/c15-10(7-11(16)17)14-9-3-1-8(2-4-9)12-13-5-6-18-12/h1-6H,7H2,(H,14,15)(H,16,17). The van der Waals surface area contributed by atoms with Crippen LogP contribution in [0.3, 0.4) is 0 Å². The second-order valence-corrected chi connectivity index (χ2v) is 4.43. The average molecular weight is 262 g/mol. The van der Waals surface area contributed by atoms with Gasteiger partial charge in [0.15, 0.2) is 0 Å². The van der Waals surface area contributed by atoms with E-state index in [1.807, 2.05) is 17.5 Å². The number of carboxylic acid groups (broad SMARTS) is 1. The highest BCUT2D eigenvalue weighted by Gasteiger charge is 2.07. The van der Waals surface area contributed by atoms with Crippen molar-refractivity contribution in [3.05, 3.63) is 35.8 Å². The van der Waals surface area contributed by atoms with Gasteiger partial charge in [-0.3, -0.25) is 9.59 Å². The van der Waals surface area contributed by atoms with E-state index in [0.717, 1.165) is 10.6 Å². The molecule has 2 rings (SSSR count). The van der Waals surface area contributed by atoms with Gasteiger partial charge in [0.05, 0.1) is 0 Å². The Morgan fingerprint density at radius 3 is 2.56 bits per heavy atom. The minimum Gasteiger partial charge on any atom is -0.481 e.